The SMILES string of the molecule is Cc1cccc(C(N)C2CCOC3(CCCC3)C2)c1C. The number of ether oxygens (including phenoxy) is 1. The quantitative estimate of drug-likeness (QED) is 0.882. The van der Waals surface area contributed by atoms with Crippen LogP contribution in [0.25, 0.3) is 0 Å². The van der Waals surface area contributed by atoms with Crippen LogP contribution in [0, 0.1) is 19.8 Å². The van der Waals surface area contributed by atoms with E-state index in [2.05, 4.69) is 32.0 Å². The van der Waals surface area contributed by atoms with Crippen molar-refractivity contribution in [2.75, 3.05) is 6.61 Å². The second kappa shape index (κ2) is 5.50. The zero-order valence-corrected chi connectivity index (χ0v) is 12.8. The molecule has 1 heterocycles. The van der Waals surface area contributed by atoms with Crippen LogP contribution in [0.5, 0.6) is 0 Å². The van der Waals surface area contributed by atoms with Gasteiger partial charge >= 0.3 is 0 Å². The lowest BCUT2D eigenvalue weighted by Crippen LogP contribution is -2.40. The molecule has 2 atom stereocenters. The number of benzene rings is 1. The van der Waals surface area contributed by atoms with Gasteiger partial charge in [-0.05, 0) is 62.1 Å². The lowest BCUT2D eigenvalue weighted by Gasteiger charge is -2.40. The van der Waals surface area contributed by atoms with Crippen LogP contribution in [-0.4, -0.2) is 12.2 Å². The van der Waals surface area contributed by atoms with E-state index in [1.807, 2.05) is 0 Å². The third kappa shape index (κ3) is 2.51. The van der Waals surface area contributed by atoms with Crippen molar-refractivity contribution in [3.8, 4) is 0 Å². The molecule has 2 unspecified atom stereocenters. The van der Waals surface area contributed by atoms with Gasteiger partial charge in [0.05, 0.1) is 5.60 Å². The summed E-state index contributed by atoms with van der Waals surface area (Å²) in [7, 11) is 0. The van der Waals surface area contributed by atoms with Gasteiger partial charge in [0.25, 0.3) is 0 Å². The van der Waals surface area contributed by atoms with Crippen LogP contribution in [0.2, 0.25) is 0 Å². The fourth-order valence-electron chi connectivity index (χ4n) is 4.13. The zero-order chi connectivity index (χ0) is 14.2. The molecule has 2 fully saturated rings. The Labute approximate surface area is 122 Å². The average molecular weight is 273 g/mol. The molecule has 20 heavy (non-hydrogen) atoms. The van der Waals surface area contributed by atoms with Crippen LogP contribution in [0.1, 0.15) is 61.3 Å². The molecule has 1 saturated heterocycles. The minimum atomic E-state index is 0.163. The Morgan fingerprint density at radius 2 is 2.00 bits per heavy atom. The number of aryl methyl sites for hydroxylation is 1. The maximum atomic E-state index is 6.63. The molecular weight excluding hydrogens is 246 g/mol. The van der Waals surface area contributed by atoms with Crippen molar-refractivity contribution in [2.24, 2.45) is 11.7 Å². The summed E-state index contributed by atoms with van der Waals surface area (Å²) < 4.78 is 6.14. The average Bonchev–Trinajstić information content (AvgIpc) is 2.89. The highest BCUT2D eigenvalue weighted by atomic mass is 16.5. The van der Waals surface area contributed by atoms with Crippen molar-refractivity contribution < 1.29 is 4.74 Å². The first-order chi connectivity index (χ1) is 9.61. The normalized spacial score (nSPS) is 26.9. The molecule has 1 aliphatic carbocycles. The van der Waals surface area contributed by atoms with Gasteiger partial charge in [0.1, 0.15) is 0 Å². The fraction of sp³-hybridized carbons (Fsp3) is 0.667. The summed E-state index contributed by atoms with van der Waals surface area (Å²) in [6, 6.07) is 6.69. The van der Waals surface area contributed by atoms with Gasteiger partial charge in [0, 0.05) is 12.6 Å². The van der Waals surface area contributed by atoms with Crippen molar-refractivity contribution in [3.05, 3.63) is 34.9 Å². The zero-order valence-electron chi connectivity index (χ0n) is 12.8. The van der Waals surface area contributed by atoms with Gasteiger partial charge in [-0.25, -0.2) is 0 Å². The molecule has 1 spiro atoms. The molecule has 2 heteroatoms. The Kier molecular flexibility index (Phi) is 3.87. The minimum Gasteiger partial charge on any atom is -0.375 e. The summed E-state index contributed by atoms with van der Waals surface area (Å²) in [4.78, 5) is 0. The monoisotopic (exact) mass is 273 g/mol. The van der Waals surface area contributed by atoms with Crippen LogP contribution in [0.15, 0.2) is 18.2 Å². The molecule has 2 N–H and O–H groups in total. The van der Waals surface area contributed by atoms with Crippen molar-refractivity contribution in [3.63, 3.8) is 0 Å². The molecule has 0 radical (unpaired) electrons. The molecule has 3 rings (SSSR count). The molecule has 1 aromatic carbocycles. The van der Waals surface area contributed by atoms with E-state index in [4.69, 9.17) is 10.5 Å². The largest absolute Gasteiger partial charge is 0.375 e. The van der Waals surface area contributed by atoms with E-state index < -0.39 is 0 Å². The standard InChI is InChI=1S/C18H27NO/c1-13-6-5-7-16(14(13)2)17(19)15-8-11-20-18(12-15)9-3-4-10-18/h5-7,15,17H,3-4,8-12,19H2,1-2H3. The topological polar surface area (TPSA) is 35.2 Å². The number of nitrogens with two attached hydrogens (primary N) is 1. The van der Waals surface area contributed by atoms with Crippen LogP contribution in [0.3, 0.4) is 0 Å². The van der Waals surface area contributed by atoms with E-state index >= 15 is 0 Å². The first kappa shape index (κ1) is 14.1. The number of hydrogen-bond acceptors (Lipinski definition) is 2. The Bertz CT molecular complexity index is 476. The molecule has 1 aliphatic heterocycles. The smallest absolute Gasteiger partial charge is 0.0685 e. The third-order valence-corrected chi connectivity index (χ3v) is 5.56. The van der Waals surface area contributed by atoms with Crippen LogP contribution in [-0.2, 0) is 4.74 Å². The highest BCUT2D eigenvalue weighted by molar-refractivity contribution is 5.35. The van der Waals surface area contributed by atoms with Gasteiger partial charge in [0.15, 0.2) is 0 Å². The summed E-state index contributed by atoms with van der Waals surface area (Å²) in [6.45, 7) is 5.27. The van der Waals surface area contributed by atoms with Gasteiger partial charge in [0.2, 0.25) is 0 Å². The summed E-state index contributed by atoms with van der Waals surface area (Å²) in [5.41, 5.74) is 10.9. The van der Waals surface area contributed by atoms with E-state index in [-0.39, 0.29) is 11.6 Å². The second-order valence-corrected chi connectivity index (χ2v) is 6.81. The fourth-order valence-corrected chi connectivity index (χ4v) is 4.13. The Morgan fingerprint density at radius 1 is 1.25 bits per heavy atom. The summed E-state index contributed by atoms with van der Waals surface area (Å²) in [5, 5.41) is 0. The summed E-state index contributed by atoms with van der Waals surface area (Å²) in [6.07, 6.45) is 7.39. The van der Waals surface area contributed by atoms with E-state index in [1.54, 1.807) is 0 Å². The molecule has 0 amide bonds. The summed E-state index contributed by atoms with van der Waals surface area (Å²) >= 11 is 0. The lowest BCUT2D eigenvalue weighted by atomic mass is 9.78. The Balaban J connectivity index is 1.79. The second-order valence-electron chi connectivity index (χ2n) is 6.81. The predicted octanol–water partition coefficient (Wildman–Crippen LogP) is 4.04. The minimum absolute atomic E-state index is 0.163. The molecule has 1 saturated carbocycles. The van der Waals surface area contributed by atoms with Gasteiger partial charge in [-0.3, -0.25) is 0 Å². The van der Waals surface area contributed by atoms with Crippen LogP contribution >= 0.6 is 0 Å². The molecule has 0 aromatic heterocycles. The van der Waals surface area contributed by atoms with E-state index in [0.29, 0.717) is 5.92 Å². The first-order valence-electron chi connectivity index (χ1n) is 8.07. The third-order valence-electron chi connectivity index (χ3n) is 5.56. The van der Waals surface area contributed by atoms with Gasteiger partial charge in [-0.1, -0.05) is 31.0 Å². The number of rotatable bonds is 2. The molecular formula is C18H27NO. The van der Waals surface area contributed by atoms with E-state index in [0.717, 1.165) is 19.4 Å². The van der Waals surface area contributed by atoms with Crippen molar-refractivity contribution in [1.82, 2.24) is 0 Å². The van der Waals surface area contributed by atoms with Crippen molar-refractivity contribution >= 4 is 0 Å². The maximum Gasteiger partial charge on any atom is 0.0685 e. The lowest BCUT2D eigenvalue weighted by molar-refractivity contribution is -0.0964. The van der Waals surface area contributed by atoms with E-state index in [9.17, 15) is 0 Å². The molecule has 2 aliphatic rings. The first-order valence-corrected chi connectivity index (χ1v) is 8.07. The highest BCUT2D eigenvalue weighted by Crippen LogP contribution is 2.45. The Morgan fingerprint density at radius 3 is 2.75 bits per heavy atom. The maximum absolute atomic E-state index is 6.63. The molecule has 2 nitrogen and oxygen atoms in total. The van der Waals surface area contributed by atoms with Gasteiger partial charge in [-0.2, -0.15) is 0 Å². The molecule has 1 aromatic rings. The number of hydrogen-bond donors (Lipinski definition) is 1. The van der Waals surface area contributed by atoms with Gasteiger partial charge < -0.3 is 10.5 Å². The molecule has 110 valence electrons. The highest BCUT2D eigenvalue weighted by Gasteiger charge is 2.41. The van der Waals surface area contributed by atoms with Gasteiger partial charge in [-0.15, -0.1) is 0 Å². The molecule has 0 bridgehead atoms. The van der Waals surface area contributed by atoms with Crippen molar-refractivity contribution in [1.29, 1.82) is 0 Å². The van der Waals surface area contributed by atoms with E-state index in [1.165, 1.54) is 42.4 Å². The van der Waals surface area contributed by atoms with Crippen LogP contribution < -0.4 is 5.73 Å². The van der Waals surface area contributed by atoms with Crippen molar-refractivity contribution in [2.45, 2.75) is 64.0 Å². The Hall–Kier alpha value is -0.860. The van der Waals surface area contributed by atoms with Crippen LogP contribution in [0.4, 0.5) is 0 Å². The predicted molar refractivity (Wildman–Crippen MR) is 82.7 cm³/mol. The summed E-state index contributed by atoms with van der Waals surface area (Å²) in [5.74, 6) is 0.572.